The summed E-state index contributed by atoms with van der Waals surface area (Å²) in [6, 6.07) is 12.4. The van der Waals surface area contributed by atoms with E-state index in [1.165, 1.54) is 33.3 Å². The second-order valence-corrected chi connectivity index (χ2v) is 8.98. The summed E-state index contributed by atoms with van der Waals surface area (Å²) in [7, 11) is 0. The SMILES string of the molecule is O=C(CCCn1ncc2c(Cl)n(-c3ccc(C(F)(F)F)cc3)nc2c1=O)N1CCc2ccccc2C1. The molecule has 4 aromatic rings. The highest BCUT2D eigenvalue weighted by atomic mass is 35.5. The molecule has 0 fully saturated rings. The van der Waals surface area contributed by atoms with Gasteiger partial charge >= 0.3 is 6.18 Å². The average molecular weight is 516 g/mol. The molecule has 1 amide bonds. The van der Waals surface area contributed by atoms with Crippen LogP contribution in [0.3, 0.4) is 0 Å². The summed E-state index contributed by atoms with van der Waals surface area (Å²) in [5, 5.41) is 8.74. The van der Waals surface area contributed by atoms with Crippen LogP contribution in [0.5, 0.6) is 0 Å². The van der Waals surface area contributed by atoms with Gasteiger partial charge in [0.25, 0.3) is 5.56 Å². The Hall–Kier alpha value is -3.66. The Kier molecular flexibility index (Phi) is 6.29. The number of nitrogens with zero attached hydrogens (tertiary/aromatic N) is 5. The van der Waals surface area contributed by atoms with Crippen LogP contribution in [0, 0.1) is 0 Å². The topological polar surface area (TPSA) is 73.0 Å². The van der Waals surface area contributed by atoms with Crippen molar-refractivity contribution in [3.63, 3.8) is 0 Å². The van der Waals surface area contributed by atoms with Crippen molar-refractivity contribution in [3.05, 3.63) is 86.9 Å². The molecule has 0 N–H and O–H groups in total. The van der Waals surface area contributed by atoms with E-state index in [0.29, 0.717) is 24.9 Å². The van der Waals surface area contributed by atoms with Gasteiger partial charge in [0, 0.05) is 26.1 Å². The maximum absolute atomic E-state index is 12.9. The molecule has 2 aromatic heterocycles. The molecule has 2 aromatic carbocycles. The molecule has 0 unspecified atom stereocenters. The first-order valence-electron chi connectivity index (χ1n) is 11.4. The molecule has 3 heterocycles. The number of alkyl halides is 3. The van der Waals surface area contributed by atoms with Gasteiger partial charge in [-0.3, -0.25) is 9.59 Å². The van der Waals surface area contributed by atoms with E-state index in [1.807, 2.05) is 23.1 Å². The maximum Gasteiger partial charge on any atom is 0.416 e. The zero-order valence-corrected chi connectivity index (χ0v) is 19.8. The molecule has 0 aliphatic carbocycles. The summed E-state index contributed by atoms with van der Waals surface area (Å²) in [6.45, 7) is 1.47. The molecule has 0 saturated heterocycles. The van der Waals surface area contributed by atoms with E-state index in [4.69, 9.17) is 11.6 Å². The van der Waals surface area contributed by atoms with Gasteiger partial charge in [0.05, 0.1) is 22.8 Å². The largest absolute Gasteiger partial charge is 0.416 e. The smallest absolute Gasteiger partial charge is 0.338 e. The minimum Gasteiger partial charge on any atom is -0.338 e. The van der Waals surface area contributed by atoms with Gasteiger partial charge in [-0.15, -0.1) is 0 Å². The highest BCUT2D eigenvalue weighted by Crippen LogP contribution is 2.31. The predicted molar refractivity (Wildman–Crippen MR) is 128 cm³/mol. The molecule has 186 valence electrons. The first-order valence-corrected chi connectivity index (χ1v) is 11.8. The molecule has 36 heavy (non-hydrogen) atoms. The number of amides is 1. The van der Waals surface area contributed by atoms with E-state index < -0.39 is 17.3 Å². The highest BCUT2D eigenvalue weighted by Gasteiger charge is 2.30. The van der Waals surface area contributed by atoms with Gasteiger partial charge in [0.15, 0.2) is 5.52 Å². The molecule has 0 bridgehead atoms. The van der Waals surface area contributed by atoms with Crippen molar-refractivity contribution < 1.29 is 18.0 Å². The number of benzene rings is 2. The fourth-order valence-electron chi connectivity index (χ4n) is 4.35. The third-order valence-electron chi connectivity index (χ3n) is 6.31. The highest BCUT2D eigenvalue weighted by molar-refractivity contribution is 6.34. The van der Waals surface area contributed by atoms with Crippen molar-refractivity contribution in [3.8, 4) is 5.69 Å². The van der Waals surface area contributed by atoms with Gasteiger partial charge in [-0.25, -0.2) is 9.36 Å². The Labute approximate surface area is 208 Å². The predicted octanol–water partition coefficient (Wildman–Crippen LogP) is 4.62. The lowest BCUT2D eigenvalue weighted by Crippen LogP contribution is -2.36. The van der Waals surface area contributed by atoms with Crippen LogP contribution in [0.2, 0.25) is 5.15 Å². The minimum atomic E-state index is -4.46. The van der Waals surface area contributed by atoms with Crippen LogP contribution >= 0.6 is 11.6 Å². The quantitative estimate of drug-likeness (QED) is 0.389. The second-order valence-electron chi connectivity index (χ2n) is 8.62. The van der Waals surface area contributed by atoms with E-state index in [1.54, 1.807) is 0 Å². The van der Waals surface area contributed by atoms with Crippen molar-refractivity contribution in [1.82, 2.24) is 24.5 Å². The van der Waals surface area contributed by atoms with Crippen LogP contribution in [0.25, 0.3) is 16.6 Å². The Morgan fingerprint density at radius 3 is 2.50 bits per heavy atom. The third-order valence-corrected chi connectivity index (χ3v) is 6.67. The molecule has 0 spiro atoms. The van der Waals surface area contributed by atoms with Crippen molar-refractivity contribution in [1.29, 1.82) is 0 Å². The monoisotopic (exact) mass is 515 g/mol. The number of hydrogen-bond donors (Lipinski definition) is 0. The zero-order valence-electron chi connectivity index (χ0n) is 19.0. The first kappa shape index (κ1) is 24.1. The van der Waals surface area contributed by atoms with E-state index in [9.17, 15) is 22.8 Å². The molecular formula is C25H21ClF3N5O2. The molecular weight excluding hydrogens is 495 g/mol. The number of hydrogen-bond acceptors (Lipinski definition) is 4. The molecule has 0 atom stereocenters. The van der Waals surface area contributed by atoms with Gasteiger partial charge in [0.1, 0.15) is 5.15 Å². The van der Waals surface area contributed by atoms with Gasteiger partial charge < -0.3 is 4.90 Å². The summed E-state index contributed by atoms with van der Waals surface area (Å²) >= 11 is 6.35. The van der Waals surface area contributed by atoms with Crippen molar-refractivity contribution >= 4 is 28.4 Å². The summed E-state index contributed by atoms with van der Waals surface area (Å²) in [4.78, 5) is 27.5. The number of aryl methyl sites for hydroxylation is 1. The fraction of sp³-hybridized carbons (Fsp3) is 0.280. The number of carbonyl (C=O) groups is 1. The van der Waals surface area contributed by atoms with E-state index in [0.717, 1.165) is 24.1 Å². The number of rotatable bonds is 5. The van der Waals surface area contributed by atoms with Gasteiger partial charge in [-0.1, -0.05) is 35.9 Å². The molecule has 11 heteroatoms. The summed E-state index contributed by atoms with van der Waals surface area (Å²) in [5.41, 5.74) is 1.46. The summed E-state index contributed by atoms with van der Waals surface area (Å²) in [6.07, 6.45) is -1.55. The second kappa shape index (κ2) is 9.42. The average Bonchev–Trinajstić information content (AvgIpc) is 3.21. The van der Waals surface area contributed by atoms with E-state index >= 15 is 0 Å². The van der Waals surface area contributed by atoms with Crippen LogP contribution in [0.4, 0.5) is 13.2 Å². The zero-order chi connectivity index (χ0) is 25.4. The van der Waals surface area contributed by atoms with Gasteiger partial charge in [-0.2, -0.15) is 23.4 Å². The molecule has 0 radical (unpaired) electrons. The summed E-state index contributed by atoms with van der Waals surface area (Å²) in [5.74, 6) is 0.0215. The number of aromatic nitrogens is 4. The fourth-order valence-corrected chi connectivity index (χ4v) is 4.63. The van der Waals surface area contributed by atoms with Gasteiger partial charge in [0.2, 0.25) is 5.91 Å². The van der Waals surface area contributed by atoms with Crippen molar-refractivity contribution in [2.24, 2.45) is 0 Å². The number of fused-ring (bicyclic) bond motifs is 2. The lowest BCUT2D eigenvalue weighted by Gasteiger charge is -2.29. The normalized spacial score (nSPS) is 13.7. The molecule has 7 nitrogen and oxygen atoms in total. The Balaban J connectivity index is 1.28. The molecule has 1 aliphatic heterocycles. The standard InChI is InChI=1S/C25H21ClF3N5O2/c26-23-20-14-30-33(12-3-6-21(35)32-13-11-16-4-1-2-5-17(16)15-32)24(36)22(20)31-34(23)19-9-7-18(8-10-19)25(27,28)29/h1-2,4-5,7-10,14H,3,6,11-13,15H2. The Morgan fingerprint density at radius 2 is 1.78 bits per heavy atom. The summed E-state index contributed by atoms with van der Waals surface area (Å²) < 4.78 is 41.0. The molecule has 0 saturated carbocycles. The molecule has 5 rings (SSSR count). The lowest BCUT2D eigenvalue weighted by molar-refractivity contribution is -0.137. The Bertz CT molecular complexity index is 1490. The molecule has 1 aliphatic rings. The van der Waals surface area contributed by atoms with Gasteiger partial charge in [-0.05, 0) is 48.2 Å². The lowest BCUT2D eigenvalue weighted by atomic mass is 9.99. The van der Waals surface area contributed by atoms with E-state index in [2.05, 4.69) is 16.3 Å². The number of carbonyl (C=O) groups excluding carboxylic acids is 1. The van der Waals surface area contributed by atoms with E-state index in [-0.39, 0.29) is 35.2 Å². The van der Waals surface area contributed by atoms with Crippen LogP contribution in [0.15, 0.2) is 59.5 Å². The van der Waals surface area contributed by atoms with Crippen LogP contribution in [-0.4, -0.2) is 36.9 Å². The van der Waals surface area contributed by atoms with Crippen molar-refractivity contribution in [2.75, 3.05) is 6.54 Å². The number of halogens is 4. The minimum absolute atomic E-state index is 0.0215. The van der Waals surface area contributed by atoms with Crippen LogP contribution < -0.4 is 5.56 Å². The van der Waals surface area contributed by atoms with Crippen LogP contribution in [-0.2, 0) is 30.5 Å². The third kappa shape index (κ3) is 4.60. The Morgan fingerprint density at radius 1 is 1.06 bits per heavy atom. The first-order chi connectivity index (χ1) is 17.2. The van der Waals surface area contributed by atoms with Crippen LogP contribution in [0.1, 0.15) is 29.5 Å². The maximum atomic E-state index is 12.9. The van der Waals surface area contributed by atoms with Crippen molar-refractivity contribution in [2.45, 2.75) is 38.5 Å².